The van der Waals surface area contributed by atoms with Gasteiger partial charge in [0.15, 0.2) is 23.3 Å². The largest absolute Gasteiger partial charge is 0.396 e. The zero-order valence-corrected chi connectivity index (χ0v) is 43.9. The van der Waals surface area contributed by atoms with Crippen LogP contribution in [-0.4, -0.2) is 111 Å². The fraction of sp³-hybridized carbons (Fsp3) is 0.464. The Balaban J connectivity index is 0.000000172. The van der Waals surface area contributed by atoms with E-state index in [1.54, 1.807) is 34.3 Å². The van der Waals surface area contributed by atoms with Gasteiger partial charge in [-0.25, -0.2) is 27.5 Å². The summed E-state index contributed by atoms with van der Waals surface area (Å²) in [4.78, 5) is 64.5. The molecule has 6 aromatic rings. The second-order valence-electron chi connectivity index (χ2n) is 22.0. The number of nitrogens with one attached hydrogen (secondary N) is 2. The Kier molecular flexibility index (Phi) is 14.9. The van der Waals surface area contributed by atoms with Crippen molar-refractivity contribution in [2.24, 2.45) is 0 Å². The Morgan fingerprint density at radius 3 is 1.30 bits per heavy atom. The van der Waals surface area contributed by atoms with Crippen molar-refractivity contribution in [3.8, 4) is 0 Å². The number of piperidine rings is 2. The number of rotatable bonds is 8. The standard InChI is InChI=1S/2C28H27F5N6O2/c2*29-20-5-1-3-18(23(20)30)17-7-6-16(25-37-36-21(39(25)15-17)14-28(31,32)33)13-22(40)38-11-8-27(9-12-38)19-4-2-10-34-24(19)35-26(27)41/h2*1-5,10,16-17H,6-9,11-15H2,(H,34,35,41)/t2*16-,17+/m10/s1. The third-order valence-electron chi connectivity index (χ3n) is 17.3. The van der Waals surface area contributed by atoms with E-state index in [1.807, 2.05) is 12.1 Å². The fourth-order valence-corrected chi connectivity index (χ4v) is 13.0. The number of benzene rings is 2. The maximum atomic E-state index is 14.7. The van der Waals surface area contributed by atoms with Crippen molar-refractivity contribution in [1.29, 1.82) is 0 Å². The van der Waals surface area contributed by atoms with E-state index in [0.717, 1.165) is 23.3 Å². The maximum absolute atomic E-state index is 14.7. The molecule has 0 radical (unpaired) electrons. The molecule has 432 valence electrons. The number of hydrogen-bond donors (Lipinski definition) is 2. The summed E-state index contributed by atoms with van der Waals surface area (Å²) in [6.45, 7) is 1.20. The first kappa shape index (κ1) is 56.1. The first-order chi connectivity index (χ1) is 39.1. The molecular weight excluding hydrogens is 1090 g/mol. The van der Waals surface area contributed by atoms with Gasteiger partial charge in [0.05, 0.1) is 10.8 Å². The van der Waals surface area contributed by atoms with Crippen molar-refractivity contribution in [3.05, 3.63) is 142 Å². The van der Waals surface area contributed by atoms with Crippen LogP contribution < -0.4 is 10.6 Å². The molecule has 0 saturated carbocycles. The predicted octanol–water partition coefficient (Wildman–Crippen LogP) is 9.24. The Morgan fingerprint density at radius 1 is 0.537 bits per heavy atom. The molecule has 4 aromatic heterocycles. The molecule has 26 heteroatoms. The number of aromatic nitrogens is 8. The molecule has 2 N–H and O–H groups in total. The van der Waals surface area contributed by atoms with E-state index in [1.165, 1.54) is 33.4 Å². The maximum Gasteiger partial charge on any atom is 0.396 e. The van der Waals surface area contributed by atoms with Crippen LogP contribution >= 0.6 is 0 Å². The lowest BCUT2D eigenvalue weighted by Crippen LogP contribution is -2.48. The normalized spacial score (nSPS) is 21.8. The van der Waals surface area contributed by atoms with Gasteiger partial charge in [-0.3, -0.25) is 19.2 Å². The highest BCUT2D eigenvalue weighted by molar-refractivity contribution is 6.06. The Bertz CT molecular complexity index is 3220. The summed E-state index contributed by atoms with van der Waals surface area (Å²) >= 11 is 0. The molecule has 10 heterocycles. The smallest absolute Gasteiger partial charge is 0.343 e. The Morgan fingerprint density at radius 2 is 0.927 bits per heavy atom. The monoisotopic (exact) mass is 1150 g/mol. The van der Waals surface area contributed by atoms with Gasteiger partial charge in [-0.05, 0) is 86.8 Å². The molecule has 6 aliphatic rings. The molecule has 6 aliphatic heterocycles. The minimum atomic E-state index is -4.55. The molecule has 0 aliphatic carbocycles. The van der Waals surface area contributed by atoms with Crippen LogP contribution in [-0.2, 0) is 55.9 Å². The molecule has 2 fully saturated rings. The van der Waals surface area contributed by atoms with Gasteiger partial charge in [-0.1, -0.05) is 36.4 Å². The van der Waals surface area contributed by atoms with Crippen LogP contribution in [0.4, 0.5) is 55.5 Å². The summed E-state index contributed by atoms with van der Waals surface area (Å²) in [5.41, 5.74) is 0.277. The average molecular weight is 1150 g/mol. The molecule has 4 atom stereocenters. The van der Waals surface area contributed by atoms with E-state index in [9.17, 15) is 63.1 Å². The van der Waals surface area contributed by atoms with Crippen molar-refractivity contribution in [3.63, 3.8) is 0 Å². The zero-order valence-electron chi connectivity index (χ0n) is 43.9. The highest BCUT2D eigenvalue weighted by atomic mass is 19.4. The fourth-order valence-electron chi connectivity index (χ4n) is 13.0. The molecule has 4 amide bonds. The molecule has 16 nitrogen and oxygen atoms in total. The van der Waals surface area contributed by atoms with Crippen LogP contribution in [0.15, 0.2) is 73.1 Å². The zero-order chi connectivity index (χ0) is 57.9. The van der Waals surface area contributed by atoms with E-state index in [0.29, 0.717) is 89.2 Å². The second-order valence-corrected chi connectivity index (χ2v) is 22.0. The molecule has 2 spiro atoms. The molecule has 2 saturated heterocycles. The number of carbonyl (C=O) groups is 4. The Labute approximate surface area is 462 Å². The van der Waals surface area contributed by atoms with Gasteiger partial charge >= 0.3 is 12.4 Å². The van der Waals surface area contributed by atoms with Crippen LogP contribution in [0.2, 0.25) is 0 Å². The SMILES string of the molecule is O=C(C[C@@H]1CC[C@@H](c2cccc(F)c2F)Cn2c(CC(F)(F)F)nnc21)N1CCC2(CC1)C(=O)Nc1ncccc12.O=C(C[C@H]1CC[C@H](c2cccc(F)c2F)Cn2c(CC(F)(F)F)nnc21)N1CCC2(CC1)C(=O)Nc1ncccc12. The van der Waals surface area contributed by atoms with Gasteiger partial charge in [0.25, 0.3) is 0 Å². The van der Waals surface area contributed by atoms with Crippen molar-refractivity contribution in [2.45, 2.75) is 137 Å². The van der Waals surface area contributed by atoms with Crippen molar-refractivity contribution < 1.29 is 63.1 Å². The third kappa shape index (κ3) is 10.8. The number of amides is 4. The number of nitrogens with zero attached hydrogens (tertiary/aromatic N) is 10. The lowest BCUT2D eigenvalue weighted by Gasteiger charge is -2.38. The number of halogens is 10. The highest BCUT2D eigenvalue weighted by Crippen LogP contribution is 2.47. The van der Waals surface area contributed by atoms with E-state index in [4.69, 9.17) is 0 Å². The van der Waals surface area contributed by atoms with Gasteiger partial charge in [0.2, 0.25) is 23.6 Å². The number of hydrogen-bond acceptors (Lipinski definition) is 10. The van der Waals surface area contributed by atoms with Crippen LogP contribution in [0.1, 0.15) is 133 Å². The van der Waals surface area contributed by atoms with Gasteiger partial charge < -0.3 is 29.6 Å². The van der Waals surface area contributed by atoms with E-state index >= 15 is 0 Å². The van der Waals surface area contributed by atoms with Gasteiger partial charge in [-0.15, -0.1) is 20.4 Å². The molecule has 12 rings (SSSR count). The van der Waals surface area contributed by atoms with E-state index < -0.39 is 83.0 Å². The first-order valence-corrected chi connectivity index (χ1v) is 27.1. The summed E-state index contributed by atoms with van der Waals surface area (Å²) < 4.78 is 140. The molecule has 0 unspecified atom stereocenters. The summed E-state index contributed by atoms with van der Waals surface area (Å²) in [5.74, 6) is -6.31. The topological polar surface area (TPSA) is 186 Å². The molecule has 0 bridgehead atoms. The third-order valence-corrected chi connectivity index (χ3v) is 17.3. The molecule has 82 heavy (non-hydrogen) atoms. The summed E-state index contributed by atoms with van der Waals surface area (Å²) in [7, 11) is 0. The van der Waals surface area contributed by atoms with Crippen LogP contribution in [0.5, 0.6) is 0 Å². The van der Waals surface area contributed by atoms with E-state index in [-0.39, 0.29) is 84.0 Å². The van der Waals surface area contributed by atoms with Gasteiger partial charge in [0.1, 0.15) is 47.8 Å². The van der Waals surface area contributed by atoms with Crippen molar-refractivity contribution in [2.75, 3.05) is 36.8 Å². The average Bonchev–Trinajstić information content (AvgIpc) is 4.20. The summed E-state index contributed by atoms with van der Waals surface area (Å²) in [6.07, 6.45) is -5.63. The predicted molar refractivity (Wildman–Crippen MR) is 272 cm³/mol. The van der Waals surface area contributed by atoms with E-state index in [2.05, 4.69) is 41.0 Å². The molecular formula is C56H54F10N12O4. The number of fused-ring (bicyclic) bond motifs is 6. The highest BCUT2D eigenvalue weighted by Gasteiger charge is 2.51. The second kappa shape index (κ2) is 21.8. The summed E-state index contributed by atoms with van der Waals surface area (Å²) in [5, 5.41) is 21.3. The number of pyridine rings is 2. The first-order valence-electron chi connectivity index (χ1n) is 27.1. The lowest BCUT2D eigenvalue weighted by atomic mass is 9.74. The quantitative estimate of drug-likeness (QED) is 0.139. The number of likely N-dealkylation sites (tertiary alicyclic amines) is 2. The van der Waals surface area contributed by atoms with Crippen molar-refractivity contribution >= 4 is 35.3 Å². The minimum Gasteiger partial charge on any atom is -0.343 e. The van der Waals surface area contributed by atoms with Gasteiger partial charge in [-0.2, -0.15) is 26.3 Å². The lowest BCUT2D eigenvalue weighted by molar-refractivity contribution is -0.135. The van der Waals surface area contributed by atoms with Gasteiger partial charge in [0, 0.05) is 99.3 Å². The summed E-state index contributed by atoms with van der Waals surface area (Å²) in [6, 6.07) is 14.9. The minimum absolute atomic E-state index is 0.0279. The van der Waals surface area contributed by atoms with Crippen molar-refractivity contribution in [1.82, 2.24) is 49.3 Å². The molecule has 2 aromatic carbocycles. The van der Waals surface area contributed by atoms with Crippen LogP contribution in [0.25, 0.3) is 0 Å². The number of anilines is 2. The Hall–Kier alpha value is -7.80. The number of carbonyl (C=O) groups excluding carboxylic acids is 4. The van der Waals surface area contributed by atoms with Crippen LogP contribution in [0, 0.1) is 23.3 Å². The number of alkyl halides is 6. The van der Waals surface area contributed by atoms with Crippen LogP contribution in [0.3, 0.4) is 0 Å².